The smallest absolute Gasteiger partial charge is 0.145 e. The third-order valence-corrected chi connectivity index (χ3v) is 5.77. The van der Waals surface area contributed by atoms with Gasteiger partial charge in [0.25, 0.3) is 0 Å². The van der Waals surface area contributed by atoms with Crippen molar-refractivity contribution in [2.24, 2.45) is 0 Å². The largest absolute Gasteiger partial charge is 0.296 e. The van der Waals surface area contributed by atoms with Gasteiger partial charge in [0.1, 0.15) is 5.65 Å². The van der Waals surface area contributed by atoms with E-state index in [2.05, 4.69) is 62.4 Å². The maximum Gasteiger partial charge on any atom is 0.145 e. The Bertz CT molecular complexity index is 1150. The number of pyridine rings is 1. The van der Waals surface area contributed by atoms with Crippen molar-refractivity contribution < 1.29 is 0 Å². The average Bonchev–Trinajstić information content (AvgIpc) is 2.92. The predicted octanol–water partition coefficient (Wildman–Crippen LogP) is 5.48. The van der Waals surface area contributed by atoms with Crippen molar-refractivity contribution in [1.82, 2.24) is 9.38 Å². The van der Waals surface area contributed by atoms with Crippen LogP contribution in [-0.2, 0) is 12.8 Å². The molecule has 4 aromatic rings. The summed E-state index contributed by atoms with van der Waals surface area (Å²) in [6.45, 7) is 9.06. The van der Waals surface area contributed by atoms with Gasteiger partial charge in [0.2, 0.25) is 0 Å². The fourth-order valence-electron chi connectivity index (χ4n) is 4.65. The standard InChI is InChI=1S/C22H22N2/c1-12(2)18-11-15-9-10-19-14(4)23-22-17-8-6-5-7-16(17)20(13(18)3)21(15)24(19)22/h5-8,11-12H,9-10H2,1-4H3. The van der Waals surface area contributed by atoms with Crippen molar-refractivity contribution in [2.45, 2.75) is 46.5 Å². The normalized spacial score (nSPS) is 13.9. The van der Waals surface area contributed by atoms with Gasteiger partial charge in [-0.15, -0.1) is 0 Å². The van der Waals surface area contributed by atoms with Gasteiger partial charge in [-0.05, 0) is 54.7 Å². The molecule has 2 aromatic carbocycles. The van der Waals surface area contributed by atoms with Crippen LogP contribution in [0.2, 0.25) is 0 Å². The quantitative estimate of drug-likeness (QED) is 0.425. The van der Waals surface area contributed by atoms with Gasteiger partial charge in [-0.1, -0.05) is 44.2 Å². The minimum Gasteiger partial charge on any atom is -0.296 e. The minimum absolute atomic E-state index is 0.547. The van der Waals surface area contributed by atoms with Crippen LogP contribution in [0, 0.1) is 13.8 Å². The van der Waals surface area contributed by atoms with Crippen LogP contribution in [0.1, 0.15) is 47.8 Å². The summed E-state index contributed by atoms with van der Waals surface area (Å²) >= 11 is 0. The number of aromatic nitrogens is 2. The molecule has 120 valence electrons. The van der Waals surface area contributed by atoms with Gasteiger partial charge in [0.05, 0.1) is 11.2 Å². The molecule has 0 radical (unpaired) electrons. The second kappa shape index (κ2) is 4.60. The number of hydrogen-bond acceptors (Lipinski definition) is 1. The zero-order valence-electron chi connectivity index (χ0n) is 14.8. The molecule has 0 amide bonds. The van der Waals surface area contributed by atoms with Crippen molar-refractivity contribution in [1.29, 1.82) is 0 Å². The molecule has 0 spiro atoms. The molecule has 0 atom stereocenters. The first-order chi connectivity index (χ1) is 11.6. The Kier molecular flexibility index (Phi) is 2.69. The summed E-state index contributed by atoms with van der Waals surface area (Å²) in [7, 11) is 0. The molecule has 24 heavy (non-hydrogen) atoms. The third kappa shape index (κ3) is 1.59. The van der Waals surface area contributed by atoms with Crippen molar-refractivity contribution in [3.05, 3.63) is 58.4 Å². The van der Waals surface area contributed by atoms with E-state index in [1.165, 1.54) is 49.8 Å². The summed E-state index contributed by atoms with van der Waals surface area (Å²) in [6.07, 6.45) is 2.21. The van der Waals surface area contributed by atoms with Gasteiger partial charge < -0.3 is 0 Å². The maximum atomic E-state index is 4.95. The van der Waals surface area contributed by atoms with Crippen molar-refractivity contribution in [3.8, 4) is 0 Å². The van der Waals surface area contributed by atoms with Crippen LogP contribution in [-0.4, -0.2) is 9.38 Å². The van der Waals surface area contributed by atoms with Crippen LogP contribution in [0.4, 0.5) is 0 Å². The lowest BCUT2D eigenvalue weighted by molar-refractivity contribution is 0.834. The van der Waals surface area contributed by atoms with Crippen molar-refractivity contribution in [3.63, 3.8) is 0 Å². The number of rotatable bonds is 1. The molecule has 2 nitrogen and oxygen atoms in total. The molecule has 0 aliphatic carbocycles. The average molecular weight is 314 g/mol. The lowest BCUT2D eigenvalue weighted by atomic mass is 9.87. The second-order valence-electron chi connectivity index (χ2n) is 7.48. The fourth-order valence-corrected chi connectivity index (χ4v) is 4.65. The van der Waals surface area contributed by atoms with E-state index in [9.17, 15) is 0 Å². The molecule has 1 aliphatic heterocycles. The minimum atomic E-state index is 0.547. The fraction of sp³-hybridized carbons (Fsp3) is 0.318. The summed E-state index contributed by atoms with van der Waals surface area (Å²) in [5.74, 6) is 0.547. The molecule has 2 aromatic heterocycles. The Morgan fingerprint density at radius 1 is 1.04 bits per heavy atom. The van der Waals surface area contributed by atoms with Crippen LogP contribution in [0.15, 0.2) is 30.3 Å². The molecule has 3 heterocycles. The number of aryl methyl sites for hydroxylation is 4. The Balaban J connectivity index is 2.18. The lowest BCUT2D eigenvalue weighted by Gasteiger charge is -2.23. The molecule has 1 aliphatic rings. The molecule has 0 bridgehead atoms. The second-order valence-corrected chi connectivity index (χ2v) is 7.48. The molecule has 0 unspecified atom stereocenters. The lowest BCUT2D eigenvalue weighted by Crippen LogP contribution is -2.10. The van der Waals surface area contributed by atoms with E-state index in [0.29, 0.717) is 5.92 Å². The van der Waals surface area contributed by atoms with E-state index in [-0.39, 0.29) is 0 Å². The van der Waals surface area contributed by atoms with Crippen LogP contribution in [0.5, 0.6) is 0 Å². The van der Waals surface area contributed by atoms with Gasteiger partial charge in [-0.3, -0.25) is 4.40 Å². The highest BCUT2D eigenvalue weighted by Crippen LogP contribution is 2.40. The SMILES string of the molecule is Cc1nc2c3ccccc3c3c(C)c(C(C)C)cc4c3n2c1CC4. The number of imidazole rings is 1. The van der Waals surface area contributed by atoms with E-state index in [1.807, 2.05) is 0 Å². The molecule has 5 rings (SSSR count). The summed E-state index contributed by atoms with van der Waals surface area (Å²) in [5.41, 5.74) is 9.51. The van der Waals surface area contributed by atoms with Crippen LogP contribution in [0.3, 0.4) is 0 Å². The van der Waals surface area contributed by atoms with Gasteiger partial charge in [0.15, 0.2) is 0 Å². The first kappa shape index (κ1) is 14.0. The molecule has 0 fully saturated rings. The Labute approximate surface area is 142 Å². The summed E-state index contributed by atoms with van der Waals surface area (Å²) in [4.78, 5) is 4.95. The topological polar surface area (TPSA) is 17.3 Å². The maximum absolute atomic E-state index is 4.95. The van der Waals surface area contributed by atoms with Crippen LogP contribution >= 0.6 is 0 Å². The monoisotopic (exact) mass is 314 g/mol. The van der Waals surface area contributed by atoms with Gasteiger partial charge >= 0.3 is 0 Å². The Morgan fingerprint density at radius 3 is 2.54 bits per heavy atom. The van der Waals surface area contributed by atoms with E-state index in [0.717, 1.165) is 18.5 Å². The highest BCUT2D eigenvalue weighted by Gasteiger charge is 2.24. The van der Waals surface area contributed by atoms with Crippen molar-refractivity contribution in [2.75, 3.05) is 0 Å². The summed E-state index contributed by atoms with van der Waals surface area (Å²) in [5, 5.41) is 4.05. The summed E-state index contributed by atoms with van der Waals surface area (Å²) < 4.78 is 2.45. The zero-order valence-corrected chi connectivity index (χ0v) is 14.8. The van der Waals surface area contributed by atoms with E-state index in [4.69, 9.17) is 4.98 Å². The zero-order chi connectivity index (χ0) is 16.6. The van der Waals surface area contributed by atoms with E-state index >= 15 is 0 Å². The van der Waals surface area contributed by atoms with E-state index in [1.54, 1.807) is 0 Å². The molecule has 0 saturated heterocycles. The molecule has 0 saturated carbocycles. The van der Waals surface area contributed by atoms with Gasteiger partial charge in [-0.25, -0.2) is 4.98 Å². The number of nitrogens with zero attached hydrogens (tertiary/aromatic N) is 2. The Hall–Kier alpha value is -2.35. The number of fused-ring (bicyclic) bond motifs is 3. The highest BCUT2D eigenvalue weighted by atomic mass is 15.0. The van der Waals surface area contributed by atoms with Crippen molar-refractivity contribution >= 4 is 27.3 Å². The van der Waals surface area contributed by atoms with Crippen LogP contribution < -0.4 is 0 Å². The van der Waals surface area contributed by atoms with Gasteiger partial charge in [-0.2, -0.15) is 0 Å². The first-order valence-corrected chi connectivity index (χ1v) is 8.92. The Morgan fingerprint density at radius 2 is 1.79 bits per heavy atom. The first-order valence-electron chi connectivity index (χ1n) is 8.92. The van der Waals surface area contributed by atoms with Gasteiger partial charge in [0, 0.05) is 16.5 Å². The van der Waals surface area contributed by atoms with E-state index < -0.39 is 0 Å². The highest BCUT2D eigenvalue weighted by molar-refractivity contribution is 6.14. The summed E-state index contributed by atoms with van der Waals surface area (Å²) in [6, 6.07) is 11.2. The van der Waals surface area contributed by atoms with Crippen LogP contribution in [0.25, 0.3) is 27.3 Å². The third-order valence-electron chi connectivity index (χ3n) is 5.77. The molecular formula is C22H22N2. The molecular weight excluding hydrogens is 292 g/mol. The molecule has 2 heteroatoms. The number of benzene rings is 2. The predicted molar refractivity (Wildman–Crippen MR) is 101 cm³/mol. The molecule has 0 N–H and O–H groups in total. The number of hydrogen-bond donors (Lipinski definition) is 0.